The molecule has 1 heterocycles. The Morgan fingerprint density at radius 3 is 2.59 bits per heavy atom. The Kier molecular flexibility index (Phi) is 6.23. The number of amides is 2. The van der Waals surface area contributed by atoms with Crippen molar-refractivity contribution in [1.29, 1.82) is 0 Å². The number of anilines is 2. The Morgan fingerprint density at radius 1 is 1.00 bits per heavy atom. The first kappa shape index (κ1) is 21.2. The number of carbonyl (C=O) groups excluding carboxylic acids is 2. The SMILES string of the molecule is O=C(CSc1ccccc1)Nc1ccc(C2SCC(=O)N2c2ccc3c(c2)CCC3)cc1. The molecule has 1 N–H and O–H groups in total. The van der Waals surface area contributed by atoms with E-state index < -0.39 is 0 Å². The van der Waals surface area contributed by atoms with Gasteiger partial charge in [-0.3, -0.25) is 14.5 Å². The first-order chi connectivity index (χ1) is 15.7. The predicted octanol–water partition coefficient (Wildman–Crippen LogP) is 5.68. The maximum Gasteiger partial charge on any atom is 0.238 e. The van der Waals surface area contributed by atoms with Crippen LogP contribution in [0.15, 0.2) is 77.7 Å². The fourth-order valence-electron chi connectivity index (χ4n) is 4.25. The zero-order valence-electron chi connectivity index (χ0n) is 17.6. The van der Waals surface area contributed by atoms with Crippen LogP contribution in [-0.4, -0.2) is 23.3 Å². The number of fused-ring (bicyclic) bond motifs is 1. The summed E-state index contributed by atoms with van der Waals surface area (Å²) in [5, 5.41) is 2.92. The highest BCUT2D eigenvalue weighted by Crippen LogP contribution is 2.43. The molecule has 0 saturated carbocycles. The van der Waals surface area contributed by atoms with Gasteiger partial charge in [0.1, 0.15) is 5.37 Å². The minimum Gasteiger partial charge on any atom is -0.325 e. The fourth-order valence-corrected chi connectivity index (χ4v) is 6.15. The van der Waals surface area contributed by atoms with E-state index in [2.05, 4.69) is 23.5 Å². The van der Waals surface area contributed by atoms with Crippen LogP contribution in [0.25, 0.3) is 0 Å². The third-order valence-electron chi connectivity index (χ3n) is 5.82. The molecule has 4 nitrogen and oxygen atoms in total. The summed E-state index contributed by atoms with van der Waals surface area (Å²) in [5.41, 5.74) is 5.61. The third-order valence-corrected chi connectivity index (χ3v) is 8.05. The maximum absolute atomic E-state index is 12.7. The standard InChI is InChI=1S/C26H24N2O2S2/c29-24(16-31-23-7-2-1-3-8-23)27-21-12-9-19(10-13-21)26-28(25(30)17-32-26)22-14-11-18-5-4-6-20(18)15-22/h1-3,7-15,26H,4-6,16-17H2,(H,27,29). The first-order valence-electron chi connectivity index (χ1n) is 10.8. The number of carbonyl (C=O) groups is 2. The number of thioether (sulfide) groups is 2. The molecule has 6 heteroatoms. The summed E-state index contributed by atoms with van der Waals surface area (Å²) in [7, 11) is 0. The van der Waals surface area contributed by atoms with Gasteiger partial charge in [0.25, 0.3) is 0 Å². The van der Waals surface area contributed by atoms with Gasteiger partial charge in [-0.1, -0.05) is 36.4 Å². The highest BCUT2D eigenvalue weighted by atomic mass is 32.2. The second kappa shape index (κ2) is 9.43. The van der Waals surface area contributed by atoms with Crippen molar-refractivity contribution in [2.24, 2.45) is 0 Å². The van der Waals surface area contributed by atoms with Gasteiger partial charge in [0.05, 0.1) is 11.5 Å². The summed E-state index contributed by atoms with van der Waals surface area (Å²) < 4.78 is 0. The van der Waals surface area contributed by atoms with Crippen LogP contribution in [0, 0.1) is 0 Å². The lowest BCUT2D eigenvalue weighted by Gasteiger charge is -2.25. The molecule has 3 aromatic rings. The Bertz CT molecular complexity index is 1130. The van der Waals surface area contributed by atoms with Crippen molar-refractivity contribution in [2.45, 2.75) is 29.5 Å². The predicted molar refractivity (Wildman–Crippen MR) is 133 cm³/mol. The molecule has 1 aliphatic heterocycles. The average Bonchev–Trinajstić information content (AvgIpc) is 3.45. The molecule has 0 radical (unpaired) electrons. The number of nitrogens with zero attached hydrogens (tertiary/aromatic N) is 1. The summed E-state index contributed by atoms with van der Waals surface area (Å²) in [6.45, 7) is 0. The van der Waals surface area contributed by atoms with Crippen molar-refractivity contribution >= 4 is 46.7 Å². The normalized spacial score (nSPS) is 17.4. The van der Waals surface area contributed by atoms with Crippen molar-refractivity contribution in [3.8, 4) is 0 Å². The summed E-state index contributed by atoms with van der Waals surface area (Å²) in [4.78, 5) is 28.0. The minimum atomic E-state index is -0.0414. The molecular weight excluding hydrogens is 436 g/mol. The van der Waals surface area contributed by atoms with Crippen molar-refractivity contribution < 1.29 is 9.59 Å². The number of hydrogen-bond acceptors (Lipinski definition) is 4. The monoisotopic (exact) mass is 460 g/mol. The molecule has 162 valence electrons. The molecule has 1 aliphatic carbocycles. The van der Waals surface area contributed by atoms with Crippen molar-refractivity contribution in [3.05, 3.63) is 89.5 Å². The second-order valence-corrected chi connectivity index (χ2v) is 10.1. The van der Waals surface area contributed by atoms with Crippen molar-refractivity contribution in [1.82, 2.24) is 0 Å². The smallest absolute Gasteiger partial charge is 0.238 e. The van der Waals surface area contributed by atoms with Crippen LogP contribution < -0.4 is 10.2 Å². The Labute approximate surface area is 196 Å². The largest absolute Gasteiger partial charge is 0.325 e. The van der Waals surface area contributed by atoms with E-state index in [-0.39, 0.29) is 17.2 Å². The summed E-state index contributed by atoms with van der Waals surface area (Å²) in [6, 6.07) is 24.2. The Hall–Kier alpha value is -2.70. The maximum atomic E-state index is 12.7. The number of benzene rings is 3. The lowest BCUT2D eigenvalue weighted by molar-refractivity contribution is -0.116. The van der Waals surface area contributed by atoms with E-state index in [1.807, 2.05) is 59.5 Å². The van der Waals surface area contributed by atoms with Gasteiger partial charge in [-0.2, -0.15) is 0 Å². The van der Waals surface area contributed by atoms with Gasteiger partial charge in [0, 0.05) is 16.3 Å². The highest BCUT2D eigenvalue weighted by molar-refractivity contribution is 8.00. The zero-order valence-corrected chi connectivity index (χ0v) is 19.3. The number of hydrogen-bond donors (Lipinski definition) is 1. The molecule has 3 aromatic carbocycles. The van der Waals surface area contributed by atoms with Crippen LogP contribution in [0.5, 0.6) is 0 Å². The molecule has 0 spiro atoms. The average molecular weight is 461 g/mol. The van der Waals surface area contributed by atoms with E-state index in [0.717, 1.165) is 34.7 Å². The minimum absolute atomic E-state index is 0.0308. The van der Waals surface area contributed by atoms with Crippen molar-refractivity contribution in [2.75, 3.05) is 21.7 Å². The van der Waals surface area contributed by atoms with Gasteiger partial charge >= 0.3 is 0 Å². The molecule has 0 aromatic heterocycles. The fraction of sp³-hybridized carbons (Fsp3) is 0.231. The van der Waals surface area contributed by atoms with Gasteiger partial charge in [-0.15, -0.1) is 23.5 Å². The van der Waals surface area contributed by atoms with Gasteiger partial charge < -0.3 is 5.32 Å². The third kappa shape index (κ3) is 4.57. The molecule has 1 unspecified atom stereocenters. The molecule has 0 bridgehead atoms. The number of rotatable bonds is 6. The van der Waals surface area contributed by atoms with Crippen LogP contribution in [0.3, 0.4) is 0 Å². The van der Waals surface area contributed by atoms with Crippen LogP contribution in [0.4, 0.5) is 11.4 Å². The molecule has 1 atom stereocenters. The van der Waals surface area contributed by atoms with E-state index in [1.54, 1.807) is 11.8 Å². The first-order valence-corrected chi connectivity index (χ1v) is 12.8. The quantitative estimate of drug-likeness (QED) is 0.481. The van der Waals surface area contributed by atoms with E-state index in [9.17, 15) is 9.59 Å². The highest BCUT2D eigenvalue weighted by Gasteiger charge is 2.34. The molecule has 32 heavy (non-hydrogen) atoms. The van der Waals surface area contributed by atoms with Crippen LogP contribution in [-0.2, 0) is 22.4 Å². The Morgan fingerprint density at radius 2 is 1.78 bits per heavy atom. The van der Waals surface area contributed by atoms with Gasteiger partial charge in [0.15, 0.2) is 0 Å². The van der Waals surface area contributed by atoms with Crippen LogP contribution >= 0.6 is 23.5 Å². The Balaban J connectivity index is 1.25. The lowest BCUT2D eigenvalue weighted by atomic mass is 10.1. The summed E-state index contributed by atoms with van der Waals surface area (Å²) in [5.74, 6) is 0.965. The topological polar surface area (TPSA) is 49.4 Å². The van der Waals surface area contributed by atoms with Crippen molar-refractivity contribution in [3.63, 3.8) is 0 Å². The molecule has 1 fully saturated rings. The molecule has 1 saturated heterocycles. The number of aryl methyl sites for hydroxylation is 2. The summed E-state index contributed by atoms with van der Waals surface area (Å²) in [6.07, 6.45) is 3.43. The van der Waals surface area contributed by atoms with Gasteiger partial charge in [-0.05, 0) is 72.4 Å². The second-order valence-electron chi connectivity index (χ2n) is 8.01. The zero-order chi connectivity index (χ0) is 21.9. The lowest BCUT2D eigenvalue weighted by Crippen LogP contribution is -2.27. The van der Waals surface area contributed by atoms with E-state index in [4.69, 9.17) is 0 Å². The van der Waals surface area contributed by atoms with E-state index in [0.29, 0.717) is 11.5 Å². The van der Waals surface area contributed by atoms with E-state index in [1.165, 1.54) is 29.3 Å². The van der Waals surface area contributed by atoms with Crippen LogP contribution in [0.1, 0.15) is 28.5 Å². The molecule has 2 amide bonds. The van der Waals surface area contributed by atoms with Gasteiger partial charge in [-0.25, -0.2) is 0 Å². The van der Waals surface area contributed by atoms with E-state index >= 15 is 0 Å². The van der Waals surface area contributed by atoms with Crippen LogP contribution in [0.2, 0.25) is 0 Å². The molecule has 2 aliphatic rings. The summed E-state index contributed by atoms with van der Waals surface area (Å²) >= 11 is 3.17. The molecular formula is C26H24N2O2S2. The van der Waals surface area contributed by atoms with Gasteiger partial charge in [0.2, 0.25) is 11.8 Å². The molecule has 5 rings (SSSR count). The number of nitrogens with one attached hydrogen (secondary N) is 1.